The van der Waals surface area contributed by atoms with Gasteiger partial charge in [-0.15, -0.1) is 0 Å². The smallest absolute Gasteiger partial charge is 0.255 e. The molecule has 1 saturated heterocycles. The molecule has 4 rings (SSSR count). The molecule has 1 aliphatic heterocycles. The molecule has 0 spiro atoms. The van der Waals surface area contributed by atoms with Gasteiger partial charge in [-0.3, -0.25) is 9.69 Å². The third-order valence-electron chi connectivity index (χ3n) is 3.97. The fourth-order valence-corrected chi connectivity index (χ4v) is 3.12. The number of thiocarbonyl (C=S) groups is 1. The lowest BCUT2D eigenvalue weighted by Crippen LogP contribution is -2.30. The molecule has 5 heteroatoms. The lowest BCUT2D eigenvalue weighted by molar-refractivity contribution is -0.117. The van der Waals surface area contributed by atoms with Crippen LogP contribution in [-0.2, 0) is 4.79 Å². The number of hydrogen-bond donors (Lipinski definition) is 1. The van der Waals surface area contributed by atoms with Gasteiger partial charge < -0.3 is 9.73 Å². The van der Waals surface area contributed by atoms with E-state index < -0.39 is 0 Å². The maximum absolute atomic E-state index is 12.1. The summed E-state index contributed by atoms with van der Waals surface area (Å²) in [6, 6.07) is 17.3. The van der Waals surface area contributed by atoms with Crippen molar-refractivity contribution in [1.82, 2.24) is 5.32 Å². The van der Waals surface area contributed by atoms with Crippen LogP contribution in [0.4, 0.5) is 5.69 Å². The summed E-state index contributed by atoms with van der Waals surface area (Å²) in [5, 5.41) is 4.48. The summed E-state index contributed by atoms with van der Waals surface area (Å²) < 4.78 is 5.86. The maximum atomic E-state index is 12.1. The lowest BCUT2D eigenvalue weighted by atomic mass is 10.1. The van der Waals surface area contributed by atoms with Crippen LogP contribution in [-0.4, -0.2) is 17.1 Å². The highest BCUT2D eigenvalue weighted by Crippen LogP contribution is 2.29. The number of para-hydroxylation sites is 1. The molecular weight excluding hydrogens is 308 g/mol. The van der Waals surface area contributed by atoms with Crippen molar-refractivity contribution in [3.05, 3.63) is 54.6 Å². The molecule has 1 N–H and O–H groups in total. The molecule has 1 fully saturated rings. The number of fused-ring (bicyclic) bond motifs is 1. The zero-order valence-electron chi connectivity index (χ0n) is 12.4. The van der Waals surface area contributed by atoms with Crippen LogP contribution in [0.5, 0.6) is 0 Å². The van der Waals surface area contributed by atoms with E-state index in [1.54, 1.807) is 6.92 Å². The van der Waals surface area contributed by atoms with Crippen LogP contribution in [0, 0.1) is 0 Å². The van der Waals surface area contributed by atoms with Gasteiger partial charge in [0.2, 0.25) is 0 Å². The Morgan fingerprint density at radius 1 is 1.13 bits per heavy atom. The minimum Gasteiger partial charge on any atom is -0.456 e. The Morgan fingerprint density at radius 3 is 2.52 bits per heavy atom. The quantitative estimate of drug-likeness (QED) is 0.731. The molecular formula is C18H14N2O2S. The monoisotopic (exact) mass is 322 g/mol. The predicted octanol–water partition coefficient (Wildman–Crippen LogP) is 3.71. The van der Waals surface area contributed by atoms with Crippen LogP contribution in [0.3, 0.4) is 0 Å². The summed E-state index contributed by atoms with van der Waals surface area (Å²) in [5.41, 5.74) is 2.58. The Kier molecular flexibility index (Phi) is 3.16. The van der Waals surface area contributed by atoms with Crippen molar-refractivity contribution in [2.24, 2.45) is 0 Å². The van der Waals surface area contributed by atoms with E-state index in [9.17, 15) is 4.79 Å². The van der Waals surface area contributed by atoms with Crippen molar-refractivity contribution in [2.75, 3.05) is 4.90 Å². The van der Waals surface area contributed by atoms with E-state index in [4.69, 9.17) is 16.6 Å². The fourth-order valence-electron chi connectivity index (χ4n) is 2.75. The summed E-state index contributed by atoms with van der Waals surface area (Å²) in [5.74, 6) is 0.769. The van der Waals surface area contributed by atoms with Gasteiger partial charge >= 0.3 is 0 Å². The highest BCUT2D eigenvalue weighted by Gasteiger charge is 2.33. The predicted molar refractivity (Wildman–Crippen MR) is 94.3 cm³/mol. The molecule has 0 bridgehead atoms. The molecule has 114 valence electrons. The minimum absolute atomic E-state index is 0.0357. The van der Waals surface area contributed by atoms with Gasteiger partial charge in [-0.25, -0.2) is 0 Å². The number of rotatable bonds is 2. The van der Waals surface area contributed by atoms with E-state index >= 15 is 0 Å². The topological polar surface area (TPSA) is 45.5 Å². The largest absolute Gasteiger partial charge is 0.456 e. The summed E-state index contributed by atoms with van der Waals surface area (Å²) in [6.45, 7) is 1.80. The zero-order valence-corrected chi connectivity index (χ0v) is 13.3. The van der Waals surface area contributed by atoms with Crippen molar-refractivity contribution >= 4 is 39.9 Å². The Bertz CT molecular complexity index is 881. The van der Waals surface area contributed by atoms with E-state index in [-0.39, 0.29) is 11.9 Å². The van der Waals surface area contributed by atoms with E-state index in [1.807, 2.05) is 54.6 Å². The molecule has 2 aromatic carbocycles. The molecule has 3 aromatic rings. The number of amides is 1. The molecule has 0 aliphatic carbocycles. The number of furan rings is 1. The number of nitrogens with zero attached hydrogens (tertiary/aromatic N) is 1. The normalized spacial score (nSPS) is 17.8. The minimum atomic E-state index is -0.280. The fraction of sp³-hybridized carbons (Fsp3) is 0.111. The standard InChI is InChI=1S/C18H14N2O2S/c1-11-17(21)20(18(23)19-11)14-8-6-12(7-9-14)16-10-13-4-2-3-5-15(13)22-16/h2-11H,1H3,(H,19,23)/t11-/m1/s1. The van der Waals surface area contributed by atoms with Gasteiger partial charge in [-0.1, -0.05) is 18.2 Å². The summed E-state index contributed by atoms with van der Waals surface area (Å²) in [4.78, 5) is 13.7. The van der Waals surface area contributed by atoms with Gasteiger partial charge in [0.15, 0.2) is 5.11 Å². The van der Waals surface area contributed by atoms with E-state index in [0.717, 1.165) is 28.0 Å². The Labute approximate surface area is 138 Å². The van der Waals surface area contributed by atoms with Crippen LogP contribution < -0.4 is 10.2 Å². The molecule has 0 saturated carbocycles. The molecule has 0 radical (unpaired) electrons. The highest BCUT2D eigenvalue weighted by molar-refractivity contribution is 7.80. The average Bonchev–Trinajstić information content (AvgIpc) is 3.09. The SMILES string of the molecule is C[C@H]1NC(=S)N(c2ccc(-c3cc4ccccc4o3)cc2)C1=O. The Morgan fingerprint density at radius 2 is 1.87 bits per heavy atom. The zero-order chi connectivity index (χ0) is 16.0. The third-order valence-corrected chi connectivity index (χ3v) is 4.27. The average molecular weight is 322 g/mol. The van der Waals surface area contributed by atoms with Gasteiger partial charge in [-0.05, 0) is 55.5 Å². The first-order valence-electron chi connectivity index (χ1n) is 7.37. The van der Waals surface area contributed by atoms with Crippen molar-refractivity contribution in [3.8, 4) is 11.3 Å². The number of carbonyl (C=O) groups excluding carboxylic acids is 1. The van der Waals surface area contributed by atoms with E-state index in [0.29, 0.717) is 5.11 Å². The van der Waals surface area contributed by atoms with Gasteiger partial charge in [0, 0.05) is 10.9 Å². The number of hydrogen-bond acceptors (Lipinski definition) is 3. The number of carbonyl (C=O) groups is 1. The van der Waals surface area contributed by atoms with Crippen molar-refractivity contribution < 1.29 is 9.21 Å². The molecule has 1 aliphatic rings. The molecule has 4 nitrogen and oxygen atoms in total. The summed E-state index contributed by atoms with van der Waals surface area (Å²) in [6.07, 6.45) is 0. The number of benzene rings is 2. The van der Waals surface area contributed by atoms with Crippen LogP contribution in [0.15, 0.2) is 59.0 Å². The first-order valence-corrected chi connectivity index (χ1v) is 7.78. The van der Waals surface area contributed by atoms with E-state index in [1.165, 1.54) is 4.90 Å². The first-order chi connectivity index (χ1) is 11.1. The summed E-state index contributed by atoms with van der Waals surface area (Å²) >= 11 is 5.22. The second-order valence-electron chi connectivity index (χ2n) is 5.54. The Balaban J connectivity index is 1.68. The van der Waals surface area contributed by atoms with Crippen LogP contribution in [0.1, 0.15) is 6.92 Å². The van der Waals surface area contributed by atoms with Gasteiger partial charge in [0.25, 0.3) is 5.91 Å². The molecule has 23 heavy (non-hydrogen) atoms. The maximum Gasteiger partial charge on any atom is 0.255 e. The molecule has 2 heterocycles. The van der Waals surface area contributed by atoms with Gasteiger partial charge in [0.05, 0.1) is 5.69 Å². The summed E-state index contributed by atoms with van der Waals surface area (Å²) in [7, 11) is 0. The van der Waals surface area contributed by atoms with Crippen molar-refractivity contribution in [3.63, 3.8) is 0 Å². The first kappa shape index (κ1) is 14.0. The molecule has 1 aromatic heterocycles. The van der Waals surface area contributed by atoms with Crippen LogP contribution >= 0.6 is 12.2 Å². The molecule has 1 amide bonds. The molecule has 1 atom stereocenters. The van der Waals surface area contributed by atoms with Crippen molar-refractivity contribution in [2.45, 2.75) is 13.0 Å². The number of nitrogens with one attached hydrogen (secondary N) is 1. The third kappa shape index (κ3) is 2.29. The second kappa shape index (κ2) is 5.21. The van der Waals surface area contributed by atoms with Gasteiger partial charge in [0.1, 0.15) is 17.4 Å². The van der Waals surface area contributed by atoms with Crippen LogP contribution in [0.2, 0.25) is 0 Å². The Hall–Kier alpha value is -2.66. The van der Waals surface area contributed by atoms with Crippen LogP contribution in [0.25, 0.3) is 22.3 Å². The molecule has 0 unspecified atom stereocenters. The highest BCUT2D eigenvalue weighted by atomic mass is 32.1. The van der Waals surface area contributed by atoms with Crippen molar-refractivity contribution in [1.29, 1.82) is 0 Å². The lowest BCUT2D eigenvalue weighted by Gasteiger charge is -2.14. The number of anilines is 1. The van der Waals surface area contributed by atoms with Gasteiger partial charge in [-0.2, -0.15) is 0 Å². The second-order valence-corrected chi connectivity index (χ2v) is 5.93. The van der Waals surface area contributed by atoms with E-state index in [2.05, 4.69) is 5.32 Å².